The molecular weight excluding hydrogens is 462 g/mol. The van der Waals surface area contributed by atoms with Crippen molar-refractivity contribution in [3.8, 4) is 0 Å². The van der Waals surface area contributed by atoms with Gasteiger partial charge in [-0.2, -0.15) is 0 Å². The molecule has 0 unspecified atom stereocenters. The minimum atomic E-state index is -0.175. The average Bonchev–Trinajstić information content (AvgIpc) is 3.14. The van der Waals surface area contributed by atoms with Gasteiger partial charge in [-0.25, -0.2) is 4.99 Å². The first-order valence-electron chi connectivity index (χ1n) is 13.2. The molecule has 0 saturated carbocycles. The highest BCUT2D eigenvalue weighted by Crippen LogP contribution is 2.28. The lowest BCUT2D eigenvalue weighted by molar-refractivity contribution is -0.127. The number of hydrogen-bond donors (Lipinski definition) is 1. The number of nitrogens with zero attached hydrogens (tertiary/aromatic N) is 5. The van der Waals surface area contributed by atoms with Gasteiger partial charge in [0, 0.05) is 50.2 Å². The van der Waals surface area contributed by atoms with Crippen LogP contribution in [-0.4, -0.2) is 59.5 Å². The molecule has 0 bridgehead atoms. The monoisotopic (exact) mass is 497 g/mol. The maximum Gasteiger partial charge on any atom is 0.228 e. The largest absolute Gasteiger partial charge is 0.393 e. The number of benzene rings is 1. The smallest absolute Gasteiger partial charge is 0.228 e. The number of aliphatic imine (C=N–C) groups is 1. The van der Waals surface area contributed by atoms with Gasteiger partial charge in [0.25, 0.3) is 0 Å². The molecule has 192 valence electrons. The summed E-state index contributed by atoms with van der Waals surface area (Å²) < 4.78 is 0. The predicted octanol–water partition coefficient (Wildman–Crippen LogP) is 4.47. The lowest BCUT2D eigenvalue weighted by Crippen LogP contribution is -2.35. The van der Waals surface area contributed by atoms with E-state index in [1.807, 2.05) is 43.6 Å². The second-order valence-electron chi connectivity index (χ2n) is 9.95. The summed E-state index contributed by atoms with van der Waals surface area (Å²) in [7, 11) is 1.82. The molecule has 7 heteroatoms. The quantitative estimate of drug-likeness (QED) is 0.638. The maximum absolute atomic E-state index is 12.8. The Bertz CT molecular complexity index is 1220. The van der Waals surface area contributed by atoms with Crippen molar-refractivity contribution in [1.29, 1.82) is 0 Å². The molecular formula is C30H35N5O2. The number of aryl methyl sites for hydroxylation is 1. The molecule has 0 atom stereocenters. The number of piperidine rings is 1. The van der Waals surface area contributed by atoms with Crippen LogP contribution in [0.15, 0.2) is 89.4 Å². The van der Waals surface area contributed by atoms with Crippen molar-refractivity contribution in [3.05, 3.63) is 90.1 Å². The van der Waals surface area contributed by atoms with Gasteiger partial charge in [-0.15, -0.1) is 0 Å². The molecule has 0 spiro atoms. The number of likely N-dealkylation sites (N-methyl/N-ethyl adjacent to an activating group) is 1. The molecule has 3 aliphatic rings. The minimum absolute atomic E-state index is 0.0730. The number of aliphatic hydroxyl groups excluding tert-OH is 1. The second kappa shape index (κ2) is 11.1. The van der Waals surface area contributed by atoms with Crippen molar-refractivity contribution in [2.24, 2.45) is 4.99 Å². The Morgan fingerprint density at radius 1 is 1.00 bits per heavy atom. The van der Waals surface area contributed by atoms with Crippen LogP contribution in [0.25, 0.3) is 0 Å². The van der Waals surface area contributed by atoms with Crippen LogP contribution in [0.5, 0.6) is 0 Å². The summed E-state index contributed by atoms with van der Waals surface area (Å²) in [5.41, 5.74) is 5.79. The first-order chi connectivity index (χ1) is 18.0. The number of aliphatic hydroxyl groups is 1. The lowest BCUT2D eigenvalue weighted by Gasteiger charge is -2.31. The van der Waals surface area contributed by atoms with Crippen LogP contribution in [0.3, 0.4) is 0 Å². The topological polar surface area (TPSA) is 72.3 Å². The van der Waals surface area contributed by atoms with Gasteiger partial charge in [0.05, 0.1) is 23.7 Å². The third-order valence-electron chi connectivity index (χ3n) is 7.27. The fourth-order valence-electron chi connectivity index (χ4n) is 5.10. The number of carbonyl (C=O) groups excluding carboxylic acids is 1. The highest BCUT2D eigenvalue weighted by Gasteiger charge is 2.30. The van der Waals surface area contributed by atoms with E-state index >= 15 is 0 Å². The van der Waals surface area contributed by atoms with E-state index in [4.69, 9.17) is 9.98 Å². The summed E-state index contributed by atoms with van der Waals surface area (Å²) in [5.74, 6) is 0.863. The molecule has 1 aromatic heterocycles. The number of pyridine rings is 1. The van der Waals surface area contributed by atoms with E-state index in [0.29, 0.717) is 13.0 Å². The maximum atomic E-state index is 12.8. The molecule has 37 heavy (non-hydrogen) atoms. The van der Waals surface area contributed by atoms with E-state index in [9.17, 15) is 9.90 Å². The van der Waals surface area contributed by atoms with Gasteiger partial charge in [-0.1, -0.05) is 24.8 Å². The summed E-state index contributed by atoms with van der Waals surface area (Å²) >= 11 is 0. The number of amidine groups is 1. The van der Waals surface area contributed by atoms with E-state index in [1.165, 1.54) is 0 Å². The SMILES string of the molecule is C=C1C=C(CCCc2ccc(N3CCC(O)CC3)cn2)N=C2C(=C1)N(C)C(=O)CCN2c1ccccc1. The lowest BCUT2D eigenvalue weighted by atomic mass is 10.1. The highest BCUT2D eigenvalue weighted by molar-refractivity contribution is 6.13. The number of allylic oxidation sites excluding steroid dienone is 4. The first-order valence-corrected chi connectivity index (χ1v) is 13.2. The molecule has 1 amide bonds. The normalized spacial score (nSPS) is 19.1. The molecule has 2 saturated heterocycles. The number of hydrogen-bond acceptors (Lipinski definition) is 6. The van der Waals surface area contributed by atoms with Crippen LogP contribution in [0.1, 0.15) is 37.8 Å². The van der Waals surface area contributed by atoms with Crippen LogP contribution in [0.2, 0.25) is 0 Å². The number of amides is 1. The molecule has 2 fully saturated rings. The summed E-state index contributed by atoms with van der Waals surface area (Å²) in [5, 5.41) is 9.75. The molecule has 0 aliphatic carbocycles. The van der Waals surface area contributed by atoms with E-state index in [1.54, 1.807) is 4.90 Å². The van der Waals surface area contributed by atoms with E-state index in [-0.39, 0.29) is 12.0 Å². The van der Waals surface area contributed by atoms with Crippen molar-refractivity contribution in [3.63, 3.8) is 0 Å². The molecule has 0 radical (unpaired) electrons. The van der Waals surface area contributed by atoms with Crippen LogP contribution in [0.4, 0.5) is 11.4 Å². The van der Waals surface area contributed by atoms with Gasteiger partial charge in [0.1, 0.15) is 0 Å². The zero-order chi connectivity index (χ0) is 25.8. The first kappa shape index (κ1) is 25.0. The Kier molecular flexibility index (Phi) is 7.51. The second-order valence-corrected chi connectivity index (χ2v) is 9.95. The molecule has 7 nitrogen and oxygen atoms in total. The highest BCUT2D eigenvalue weighted by atomic mass is 16.3. The Labute approximate surface area is 219 Å². The zero-order valence-electron chi connectivity index (χ0n) is 21.5. The number of aromatic nitrogens is 1. The summed E-state index contributed by atoms with van der Waals surface area (Å²) in [4.78, 5) is 28.7. The van der Waals surface area contributed by atoms with Gasteiger partial charge in [0.15, 0.2) is 5.84 Å². The molecule has 1 N–H and O–H groups in total. The Morgan fingerprint density at radius 2 is 1.78 bits per heavy atom. The fraction of sp³-hybridized carbons (Fsp3) is 0.367. The standard InChI is InChI=1S/C30H35N5O2/c1-22-19-24(8-6-7-23-11-12-26(21-31-23)34-16-13-27(36)14-17-34)32-30-28(20-22)33(2)29(37)15-18-35(30)25-9-4-3-5-10-25/h3-5,9-12,19-21,27,36H,1,6-8,13-18H2,2H3. The summed E-state index contributed by atoms with van der Waals surface area (Å²) in [6.07, 6.45) is 10.4. The van der Waals surface area contributed by atoms with E-state index in [2.05, 4.69) is 40.6 Å². The Morgan fingerprint density at radius 3 is 2.51 bits per heavy atom. The third kappa shape index (κ3) is 5.83. The predicted molar refractivity (Wildman–Crippen MR) is 149 cm³/mol. The van der Waals surface area contributed by atoms with E-state index in [0.717, 1.165) is 85.1 Å². The average molecular weight is 498 g/mol. The van der Waals surface area contributed by atoms with Crippen molar-refractivity contribution >= 4 is 23.1 Å². The van der Waals surface area contributed by atoms with Crippen molar-refractivity contribution in [1.82, 2.24) is 9.88 Å². The fourth-order valence-corrected chi connectivity index (χ4v) is 5.10. The van der Waals surface area contributed by atoms with Crippen molar-refractivity contribution in [2.75, 3.05) is 36.5 Å². The number of anilines is 2. The summed E-state index contributed by atoms with van der Waals surface area (Å²) in [6, 6.07) is 14.4. The molecule has 3 aliphatic heterocycles. The number of para-hydroxylation sites is 1. The Balaban J connectivity index is 1.29. The van der Waals surface area contributed by atoms with Crippen molar-refractivity contribution < 1.29 is 9.90 Å². The van der Waals surface area contributed by atoms with Gasteiger partial charge in [-0.05, 0) is 74.1 Å². The van der Waals surface area contributed by atoms with Crippen LogP contribution < -0.4 is 9.80 Å². The van der Waals surface area contributed by atoms with E-state index < -0.39 is 0 Å². The van der Waals surface area contributed by atoms with Crippen LogP contribution >= 0.6 is 0 Å². The number of fused-ring (bicyclic) bond motifs is 1. The van der Waals surface area contributed by atoms with Gasteiger partial charge >= 0.3 is 0 Å². The molecule has 5 rings (SSSR count). The van der Waals surface area contributed by atoms with Gasteiger partial charge < -0.3 is 19.8 Å². The van der Waals surface area contributed by atoms with Gasteiger partial charge in [-0.3, -0.25) is 9.78 Å². The molecule has 4 heterocycles. The van der Waals surface area contributed by atoms with Crippen LogP contribution in [0, 0.1) is 0 Å². The van der Waals surface area contributed by atoms with Crippen LogP contribution in [-0.2, 0) is 11.2 Å². The summed E-state index contributed by atoms with van der Waals surface area (Å²) in [6.45, 7) is 6.54. The number of rotatable bonds is 6. The molecule has 1 aromatic carbocycles. The Hall–Kier alpha value is -3.71. The molecule has 2 aromatic rings. The van der Waals surface area contributed by atoms with Crippen molar-refractivity contribution in [2.45, 2.75) is 44.6 Å². The zero-order valence-corrected chi connectivity index (χ0v) is 21.5. The third-order valence-corrected chi connectivity index (χ3v) is 7.27. The van der Waals surface area contributed by atoms with Gasteiger partial charge in [0.2, 0.25) is 5.91 Å². The minimum Gasteiger partial charge on any atom is -0.393 e. The number of carbonyl (C=O) groups is 1.